The Labute approximate surface area is 106 Å². The van der Waals surface area contributed by atoms with Crippen LogP contribution in [0.25, 0.3) is 0 Å². The fraction of sp³-hybridized carbons (Fsp3) is 0.167. The Hall–Kier alpha value is -1.00. The van der Waals surface area contributed by atoms with Crippen molar-refractivity contribution in [3.8, 4) is 0 Å². The second-order valence-corrected chi connectivity index (χ2v) is 5.34. The molecule has 0 aliphatic heterocycles. The Morgan fingerprint density at radius 1 is 1.50 bits per heavy atom. The van der Waals surface area contributed by atoms with Crippen LogP contribution < -0.4 is 0 Å². The number of benzene rings is 1. The average molecular weight is 296 g/mol. The van der Waals surface area contributed by atoms with Gasteiger partial charge in [0, 0.05) is 21.6 Å². The Morgan fingerprint density at radius 2 is 2.31 bits per heavy atom. The van der Waals surface area contributed by atoms with E-state index in [1.54, 1.807) is 6.20 Å². The summed E-state index contributed by atoms with van der Waals surface area (Å²) in [7, 11) is 0. The minimum atomic E-state index is 0.102. The topological polar surface area (TPSA) is 30.0 Å². The number of nitrogens with zero attached hydrogens (tertiary/aromatic N) is 1. The summed E-state index contributed by atoms with van der Waals surface area (Å²) in [6, 6.07) is 5.79. The van der Waals surface area contributed by atoms with Crippen molar-refractivity contribution in [1.29, 1.82) is 0 Å². The second-order valence-electron chi connectivity index (χ2n) is 3.51. The predicted molar refractivity (Wildman–Crippen MR) is 69.0 cm³/mol. The maximum Gasteiger partial charge on any atom is 0.170 e. The third-order valence-electron chi connectivity index (χ3n) is 2.22. The molecule has 0 fully saturated rings. The molecule has 82 valence electrons. The number of ketones is 1. The maximum atomic E-state index is 12.0. The van der Waals surface area contributed by atoms with E-state index in [2.05, 4.69) is 20.9 Å². The van der Waals surface area contributed by atoms with E-state index < -0.39 is 0 Å². The molecule has 0 amide bonds. The molecule has 0 N–H and O–H groups in total. The molecular weight excluding hydrogens is 286 g/mol. The first kappa shape index (κ1) is 11.5. The van der Waals surface area contributed by atoms with E-state index in [4.69, 9.17) is 0 Å². The van der Waals surface area contributed by atoms with Crippen LogP contribution in [0.4, 0.5) is 0 Å². The van der Waals surface area contributed by atoms with Gasteiger partial charge in [0.1, 0.15) is 5.01 Å². The van der Waals surface area contributed by atoms with Gasteiger partial charge in [0.05, 0.1) is 6.42 Å². The van der Waals surface area contributed by atoms with Crippen molar-refractivity contribution >= 4 is 33.0 Å². The number of halogens is 1. The highest BCUT2D eigenvalue weighted by Gasteiger charge is 2.12. The molecular formula is C12H10BrNOS. The largest absolute Gasteiger partial charge is 0.294 e. The lowest BCUT2D eigenvalue weighted by Gasteiger charge is -2.03. The van der Waals surface area contributed by atoms with Gasteiger partial charge in [-0.1, -0.05) is 27.6 Å². The van der Waals surface area contributed by atoms with Crippen LogP contribution in [0.1, 0.15) is 20.9 Å². The van der Waals surface area contributed by atoms with Crippen molar-refractivity contribution < 1.29 is 4.79 Å². The molecule has 2 aromatic rings. The van der Waals surface area contributed by atoms with Crippen LogP contribution in [0.2, 0.25) is 0 Å². The molecule has 0 unspecified atom stereocenters. The van der Waals surface area contributed by atoms with E-state index in [1.807, 2.05) is 30.5 Å². The summed E-state index contributed by atoms with van der Waals surface area (Å²) >= 11 is 4.91. The van der Waals surface area contributed by atoms with Gasteiger partial charge in [0.2, 0.25) is 0 Å². The van der Waals surface area contributed by atoms with Gasteiger partial charge >= 0.3 is 0 Å². The SMILES string of the molecule is Cc1ccc(Br)c(C(=O)Cc2nccs2)c1. The van der Waals surface area contributed by atoms with Crippen molar-refractivity contribution in [1.82, 2.24) is 4.98 Å². The molecule has 0 aliphatic rings. The quantitative estimate of drug-likeness (QED) is 0.809. The zero-order chi connectivity index (χ0) is 11.5. The molecule has 0 saturated heterocycles. The van der Waals surface area contributed by atoms with Gasteiger partial charge < -0.3 is 0 Å². The normalized spacial score (nSPS) is 10.4. The minimum absolute atomic E-state index is 0.102. The molecule has 0 radical (unpaired) electrons. The second kappa shape index (κ2) is 4.89. The number of aryl methyl sites for hydroxylation is 1. The molecule has 0 saturated carbocycles. The molecule has 2 rings (SSSR count). The summed E-state index contributed by atoms with van der Waals surface area (Å²) in [4.78, 5) is 16.1. The number of hydrogen-bond acceptors (Lipinski definition) is 3. The minimum Gasteiger partial charge on any atom is -0.294 e. The number of Topliss-reactive ketones (excluding diaryl/α,β-unsaturated/α-hetero) is 1. The standard InChI is InChI=1S/C12H10BrNOS/c1-8-2-3-10(13)9(6-8)11(15)7-12-14-4-5-16-12/h2-6H,7H2,1H3. The van der Waals surface area contributed by atoms with Crippen LogP contribution in [0, 0.1) is 6.92 Å². The molecule has 0 aliphatic carbocycles. The van der Waals surface area contributed by atoms with E-state index >= 15 is 0 Å². The van der Waals surface area contributed by atoms with Crippen LogP contribution >= 0.6 is 27.3 Å². The summed E-state index contributed by atoms with van der Waals surface area (Å²) in [5.74, 6) is 0.102. The summed E-state index contributed by atoms with van der Waals surface area (Å²) in [5.41, 5.74) is 1.82. The summed E-state index contributed by atoms with van der Waals surface area (Å²) in [6.07, 6.45) is 2.10. The van der Waals surface area contributed by atoms with E-state index in [0.29, 0.717) is 6.42 Å². The Morgan fingerprint density at radius 3 is 3.00 bits per heavy atom. The smallest absolute Gasteiger partial charge is 0.170 e. The fourth-order valence-electron chi connectivity index (χ4n) is 1.43. The van der Waals surface area contributed by atoms with Gasteiger partial charge in [-0.2, -0.15) is 0 Å². The molecule has 1 heterocycles. The van der Waals surface area contributed by atoms with Crippen molar-refractivity contribution in [2.75, 3.05) is 0 Å². The zero-order valence-electron chi connectivity index (χ0n) is 8.74. The lowest BCUT2D eigenvalue weighted by atomic mass is 10.1. The lowest BCUT2D eigenvalue weighted by molar-refractivity contribution is 0.0992. The van der Waals surface area contributed by atoms with E-state index in [-0.39, 0.29) is 5.78 Å². The van der Waals surface area contributed by atoms with Gasteiger partial charge in [-0.25, -0.2) is 4.98 Å². The molecule has 0 atom stereocenters. The van der Waals surface area contributed by atoms with Crippen molar-refractivity contribution in [3.05, 3.63) is 50.4 Å². The van der Waals surface area contributed by atoms with Gasteiger partial charge in [-0.3, -0.25) is 4.79 Å². The number of carbonyl (C=O) groups is 1. The van der Waals surface area contributed by atoms with Gasteiger partial charge in [0.15, 0.2) is 5.78 Å². The summed E-state index contributed by atoms with van der Waals surface area (Å²) < 4.78 is 0.847. The average Bonchev–Trinajstić information content (AvgIpc) is 2.74. The first-order chi connectivity index (χ1) is 7.66. The van der Waals surface area contributed by atoms with Crippen molar-refractivity contribution in [2.24, 2.45) is 0 Å². The highest BCUT2D eigenvalue weighted by Crippen LogP contribution is 2.20. The lowest BCUT2D eigenvalue weighted by Crippen LogP contribution is -2.04. The van der Waals surface area contributed by atoms with Gasteiger partial charge in [-0.15, -0.1) is 11.3 Å². The Bertz CT molecular complexity index is 508. The number of aromatic nitrogens is 1. The van der Waals surface area contributed by atoms with E-state index in [9.17, 15) is 4.79 Å². The highest BCUT2D eigenvalue weighted by molar-refractivity contribution is 9.10. The van der Waals surface area contributed by atoms with Crippen molar-refractivity contribution in [3.63, 3.8) is 0 Å². The third-order valence-corrected chi connectivity index (χ3v) is 3.69. The molecule has 4 heteroatoms. The van der Waals surface area contributed by atoms with Crippen LogP contribution in [-0.2, 0) is 6.42 Å². The van der Waals surface area contributed by atoms with Gasteiger partial charge in [-0.05, 0) is 19.1 Å². The zero-order valence-corrected chi connectivity index (χ0v) is 11.1. The predicted octanol–water partition coefficient (Wildman–Crippen LogP) is 3.64. The molecule has 0 spiro atoms. The van der Waals surface area contributed by atoms with Crippen molar-refractivity contribution in [2.45, 2.75) is 13.3 Å². The number of hydrogen-bond donors (Lipinski definition) is 0. The fourth-order valence-corrected chi connectivity index (χ4v) is 2.51. The van der Waals surface area contributed by atoms with Crippen LogP contribution in [0.5, 0.6) is 0 Å². The number of rotatable bonds is 3. The Kier molecular flexibility index (Phi) is 3.51. The highest BCUT2D eigenvalue weighted by atomic mass is 79.9. The monoisotopic (exact) mass is 295 g/mol. The molecule has 1 aromatic carbocycles. The molecule has 1 aromatic heterocycles. The van der Waals surface area contributed by atoms with Gasteiger partial charge in [0.25, 0.3) is 0 Å². The summed E-state index contributed by atoms with van der Waals surface area (Å²) in [5, 5.41) is 2.74. The molecule has 2 nitrogen and oxygen atoms in total. The number of carbonyl (C=O) groups excluding carboxylic acids is 1. The maximum absolute atomic E-state index is 12.0. The third kappa shape index (κ3) is 2.57. The molecule has 0 bridgehead atoms. The van der Waals surface area contributed by atoms with Crippen LogP contribution in [0.15, 0.2) is 34.2 Å². The van der Waals surface area contributed by atoms with E-state index in [1.165, 1.54) is 11.3 Å². The van der Waals surface area contributed by atoms with Crippen LogP contribution in [-0.4, -0.2) is 10.8 Å². The van der Waals surface area contributed by atoms with Crippen LogP contribution in [0.3, 0.4) is 0 Å². The summed E-state index contributed by atoms with van der Waals surface area (Å²) in [6.45, 7) is 1.98. The Balaban J connectivity index is 2.24. The first-order valence-corrected chi connectivity index (χ1v) is 6.52. The molecule has 16 heavy (non-hydrogen) atoms. The number of thiazole rings is 1. The first-order valence-electron chi connectivity index (χ1n) is 4.84. The van der Waals surface area contributed by atoms with E-state index in [0.717, 1.165) is 20.6 Å².